The number of nitrogen functional groups attached to an aromatic ring is 1. The number of amidine groups is 1. The van der Waals surface area contributed by atoms with Crippen molar-refractivity contribution in [1.82, 2.24) is 0 Å². The molecular formula is C19H17N3. The Balaban J connectivity index is 1.87. The van der Waals surface area contributed by atoms with E-state index in [9.17, 15) is 0 Å². The highest BCUT2D eigenvalue weighted by Gasteiger charge is 2.36. The second-order valence-electron chi connectivity index (χ2n) is 5.68. The van der Waals surface area contributed by atoms with E-state index < -0.39 is 0 Å². The summed E-state index contributed by atoms with van der Waals surface area (Å²) >= 11 is 0. The number of benzene rings is 2. The third kappa shape index (κ3) is 1.86. The minimum Gasteiger partial charge on any atom is -0.384 e. The molecule has 2 unspecified atom stereocenters. The number of allylic oxidation sites excluding steroid dienone is 2. The van der Waals surface area contributed by atoms with Crippen LogP contribution in [0.3, 0.4) is 0 Å². The van der Waals surface area contributed by atoms with Gasteiger partial charge in [0.25, 0.3) is 0 Å². The first-order chi connectivity index (χ1) is 10.8. The summed E-state index contributed by atoms with van der Waals surface area (Å²) < 4.78 is 0. The molecule has 1 aliphatic carbocycles. The number of anilines is 2. The fourth-order valence-corrected chi connectivity index (χ4v) is 3.41. The van der Waals surface area contributed by atoms with Crippen LogP contribution in [0.4, 0.5) is 11.4 Å². The van der Waals surface area contributed by atoms with Crippen molar-refractivity contribution in [2.24, 2.45) is 5.73 Å². The van der Waals surface area contributed by atoms with E-state index in [1.165, 1.54) is 11.3 Å². The summed E-state index contributed by atoms with van der Waals surface area (Å²) in [6, 6.07) is 16.7. The third-order valence-electron chi connectivity index (χ3n) is 4.39. The van der Waals surface area contributed by atoms with Crippen molar-refractivity contribution in [1.29, 1.82) is 5.41 Å². The fourth-order valence-electron chi connectivity index (χ4n) is 3.41. The first-order valence-corrected chi connectivity index (χ1v) is 7.43. The van der Waals surface area contributed by atoms with Gasteiger partial charge in [0, 0.05) is 22.9 Å². The van der Waals surface area contributed by atoms with Crippen LogP contribution in [0, 0.1) is 5.41 Å². The van der Waals surface area contributed by atoms with Gasteiger partial charge in [0.05, 0.1) is 6.04 Å². The van der Waals surface area contributed by atoms with E-state index >= 15 is 0 Å². The maximum Gasteiger partial charge on any atom is 0.122 e. The lowest BCUT2D eigenvalue weighted by Gasteiger charge is -2.29. The molecule has 0 aromatic heterocycles. The van der Waals surface area contributed by atoms with E-state index in [1.54, 1.807) is 0 Å². The zero-order valence-electron chi connectivity index (χ0n) is 12.1. The number of nitrogens with zero attached hydrogens (tertiary/aromatic N) is 1. The SMILES string of the molecule is N=C(N)c1cccc(N2c3ccccc3C3C=CC=CC32)c1. The highest BCUT2D eigenvalue weighted by atomic mass is 15.2. The van der Waals surface area contributed by atoms with Crippen molar-refractivity contribution in [2.75, 3.05) is 4.90 Å². The minimum atomic E-state index is 0.102. The Morgan fingerprint density at radius 1 is 1.00 bits per heavy atom. The molecule has 0 amide bonds. The molecular weight excluding hydrogens is 270 g/mol. The molecule has 0 bridgehead atoms. The van der Waals surface area contributed by atoms with Crippen LogP contribution in [-0.2, 0) is 0 Å². The molecule has 2 aromatic carbocycles. The molecule has 2 atom stereocenters. The molecule has 0 saturated carbocycles. The Morgan fingerprint density at radius 3 is 2.68 bits per heavy atom. The van der Waals surface area contributed by atoms with Crippen molar-refractivity contribution in [3.05, 3.63) is 84.0 Å². The zero-order valence-corrected chi connectivity index (χ0v) is 12.1. The predicted molar refractivity (Wildman–Crippen MR) is 90.8 cm³/mol. The Labute approximate surface area is 129 Å². The van der Waals surface area contributed by atoms with E-state index in [2.05, 4.69) is 59.5 Å². The van der Waals surface area contributed by atoms with Crippen molar-refractivity contribution >= 4 is 17.2 Å². The maximum absolute atomic E-state index is 7.66. The van der Waals surface area contributed by atoms with E-state index in [-0.39, 0.29) is 11.9 Å². The van der Waals surface area contributed by atoms with E-state index in [4.69, 9.17) is 11.1 Å². The monoisotopic (exact) mass is 287 g/mol. The molecule has 2 aromatic rings. The predicted octanol–water partition coefficient (Wildman–Crippen LogP) is 3.70. The van der Waals surface area contributed by atoms with Crippen molar-refractivity contribution < 1.29 is 0 Å². The maximum atomic E-state index is 7.66. The van der Waals surface area contributed by atoms with Crippen LogP contribution in [0.2, 0.25) is 0 Å². The van der Waals surface area contributed by atoms with Crippen molar-refractivity contribution in [3.8, 4) is 0 Å². The lowest BCUT2D eigenvalue weighted by molar-refractivity contribution is 0.744. The number of nitrogens with one attached hydrogen (secondary N) is 1. The van der Waals surface area contributed by atoms with Gasteiger partial charge >= 0.3 is 0 Å². The van der Waals surface area contributed by atoms with Crippen LogP contribution in [-0.4, -0.2) is 11.9 Å². The topological polar surface area (TPSA) is 53.1 Å². The van der Waals surface area contributed by atoms with Gasteiger partial charge in [0.1, 0.15) is 5.84 Å². The largest absolute Gasteiger partial charge is 0.384 e. The summed E-state index contributed by atoms with van der Waals surface area (Å²) in [4.78, 5) is 2.34. The number of hydrogen-bond donors (Lipinski definition) is 2. The summed E-state index contributed by atoms with van der Waals surface area (Å²) in [6.45, 7) is 0. The molecule has 3 heteroatoms. The zero-order chi connectivity index (χ0) is 15.1. The van der Waals surface area contributed by atoms with Gasteiger partial charge in [-0.2, -0.15) is 0 Å². The smallest absolute Gasteiger partial charge is 0.122 e. The van der Waals surface area contributed by atoms with Crippen LogP contribution in [0.25, 0.3) is 0 Å². The molecule has 1 aliphatic heterocycles. The quantitative estimate of drug-likeness (QED) is 0.653. The molecule has 0 spiro atoms. The van der Waals surface area contributed by atoms with Crippen LogP contribution in [0.1, 0.15) is 17.0 Å². The van der Waals surface area contributed by atoms with Gasteiger partial charge in [-0.15, -0.1) is 0 Å². The number of nitrogens with two attached hydrogens (primary N) is 1. The number of para-hydroxylation sites is 1. The van der Waals surface area contributed by atoms with E-state index in [1.807, 2.05) is 18.2 Å². The normalized spacial score (nSPS) is 21.5. The molecule has 1 heterocycles. The van der Waals surface area contributed by atoms with Gasteiger partial charge in [-0.05, 0) is 23.8 Å². The van der Waals surface area contributed by atoms with E-state index in [0.717, 1.165) is 11.3 Å². The molecule has 22 heavy (non-hydrogen) atoms. The molecule has 0 saturated heterocycles. The lowest BCUT2D eigenvalue weighted by Crippen LogP contribution is -2.28. The van der Waals surface area contributed by atoms with Gasteiger partial charge in [-0.1, -0.05) is 54.6 Å². The van der Waals surface area contributed by atoms with Crippen LogP contribution >= 0.6 is 0 Å². The van der Waals surface area contributed by atoms with Gasteiger partial charge in [0.2, 0.25) is 0 Å². The van der Waals surface area contributed by atoms with Crippen molar-refractivity contribution in [2.45, 2.75) is 12.0 Å². The molecule has 3 nitrogen and oxygen atoms in total. The third-order valence-corrected chi connectivity index (χ3v) is 4.39. The minimum absolute atomic E-state index is 0.102. The highest BCUT2D eigenvalue weighted by molar-refractivity contribution is 5.96. The molecule has 3 N–H and O–H groups in total. The number of fused-ring (bicyclic) bond motifs is 3. The summed E-state index contributed by atoms with van der Waals surface area (Å²) in [7, 11) is 0. The highest BCUT2D eigenvalue weighted by Crippen LogP contribution is 2.47. The Hall–Kier alpha value is -2.81. The second-order valence-corrected chi connectivity index (χ2v) is 5.68. The molecule has 2 aliphatic rings. The van der Waals surface area contributed by atoms with E-state index in [0.29, 0.717) is 5.92 Å². The summed E-state index contributed by atoms with van der Waals surface area (Å²) in [5, 5.41) is 7.66. The second kappa shape index (κ2) is 4.88. The standard InChI is InChI=1S/C19H17N3/c20-19(21)13-6-5-7-14(12-13)22-17-10-3-1-8-15(17)16-9-2-4-11-18(16)22/h1-12,15,17H,(H3,20,21). The summed E-state index contributed by atoms with van der Waals surface area (Å²) in [5.41, 5.74) is 10.1. The van der Waals surface area contributed by atoms with Gasteiger partial charge in [-0.3, -0.25) is 5.41 Å². The Morgan fingerprint density at radius 2 is 1.82 bits per heavy atom. The summed E-state index contributed by atoms with van der Waals surface area (Å²) in [5.74, 6) is 0.479. The first-order valence-electron chi connectivity index (χ1n) is 7.43. The van der Waals surface area contributed by atoms with Gasteiger partial charge in [0.15, 0.2) is 0 Å². The number of rotatable bonds is 2. The average Bonchev–Trinajstić information content (AvgIpc) is 2.89. The first kappa shape index (κ1) is 12.9. The number of hydrogen-bond acceptors (Lipinski definition) is 2. The average molecular weight is 287 g/mol. The van der Waals surface area contributed by atoms with Crippen LogP contribution < -0.4 is 10.6 Å². The lowest BCUT2D eigenvalue weighted by atomic mass is 9.91. The Bertz CT molecular complexity index is 804. The summed E-state index contributed by atoms with van der Waals surface area (Å²) in [6.07, 6.45) is 8.73. The van der Waals surface area contributed by atoms with Crippen LogP contribution in [0.15, 0.2) is 72.8 Å². The van der Waals surface area contributed by atoms with Crippen molar-refractivity contribution in [3.63, 3.8) is 0 Å². The van der Waals surface area contributed by atoms with Crippen LogP contribution in [0.5, 0.6) is 0 Å². The molecule has 0 fully saturated rings. The molecule has 108 valence electrons. The van der Waals surface area contributed by atoms with Gasteiger partial charge < -0.3 is 10.6 Å². The molecule has 4 rings (SSSR count). The van der Waals surface area contributed by atoms with Gasteiger partial charge in [-0.25, -0.2) is 0 Å². The Kier molecular flexibility index (Phi) is 2.86. The molecule has 0 radical (unpaired) electrons. The fraction of sp³-hybridized carbons (Fsp3) is 0.105.